The lowest BCUT2D eigenvalue weighted by Crippen LogP contribution is -2.42. The van der Waals surface area contributed by atoms with E-state index in [1.165, 1.54) is 0 Å². The van der Waals surface area contributed by atoms with E-state index in [0.717, 1.165) is 43.2 Å². The molecular weight excluding hydrogens is 290 g/mol. The fourth-order valence-electron chi connectivity index (χ4n) is 2.77. The molecule has 2 aromatic rings. The van der Waals surface area contributed by atoms with Crippen molar-refractivity contribution in [1.82, 2.24) is 4.90 Å². The molecule has 1 saturated heterocycles. The van der Waals surface area contributed by atoms with Crippen LogP contribution in [0.2, 0.25) is 0 Å². The first-order valence-electron chi connectivity index (χ1n) is 8.08. The van der Waals surface area contributed by atoms with E-state index >= 15 is 0 Å². The van der Waals surface area contributed by atoms with Crippen molar-refractivity contribution in [3.05, 3.63) is 54.6 Å². The van der Waals surface area contributed by atoms with E-state index in [0.29, 0.717) is 13.2 Å². The number of benzene rings is 2. The van der Waals surface area contributed by atoms with Gasteiger partial charge in [-0.2, -0.15) is 0 Å². The highest BCUT2D eigenvalue weighted by Crippen LogP contribution is 2.29. The van der Waals surface area contributed by atoms with Crippen molar-refractivity contribution < 1.29 is 14.6 Å². The second-order valence-corrected chi connectivity index (χ2v) is 5.74. The van der Waals surface area contributed by atoms with Crippen LogP contribution in [0.5, 0.6) is 5.75 Å². The van der Waals surface area contributed by atoms with Gasteiger partial charge in [-0.25, -0.2) is 0 Å². The van der Waals surface area contributed by atoms with E-state index in [4.69, 9.17) is 9.47 Å². The van der Waals surface area contributed by atoms with E-state index in [9.17, 15) is 5.11 Å². The Morgan fingerprint density at radius 3 is 2.48 bits per heavy atom. The summed E-state index contributed by atoms with van der Waals surface area (Å²) >= 11 is 0. The third-order valence-electron chi connectivity index (χ3n) is 3.98. The number of hydrogen-bond donors (Lipinski definition) is 1. The van der Waals surface area contributed by atoms with Crippen molar-refractivity contribution in [2.24, 2.45) is 0 Å². The van der Waals surface area contributed by atoms with Crippen LogP contribution >= 0.6 is 0 Å². The van der Waals surface area contributed by atoms with Crippen molar-refractivity contribution >= 4 is 0 Å². The summed E-state index contributed by atoms with van der Waals surface area (Å²) in [7, 11) is 0. The van der Waals surface area contributed by atoms with Crippen LogP contribution in [-0.2, 0) is 4.74 Å². The summed E-state index contributed by atoms with van der Waals surface area (Å²) in [5.74, 6) is 0.805. The Morgan fingerprint density at radius 1 is 1.00 bits per heavy atom. The SMILES string of the molecule is OC(COc1ccccc1-c1ccccc1)CN1CCOCC1. The normalized spacial score (nSPS) is 16.9. The Hall–Kier alpha value is -1.88. The molecule has 1 atom stereocenters. The molecule has 2 aromatic carbocycles. The Balaban J connectivity index is 1.60. The zero-order valence-corrected chi connectivity index (χ0v) is 13.2. The lowest BCUT2D eigenvalue weighted by molar-refractivity contribution is 0.00471. The molecule has 0 aromatic heterocycles. The fraction of sp³-hybridized carbons (Fsp3) is 0.368. The maximum atomic E-state index is 10.2. The minimum Gasteiger partial charge on any atom is -0.490 e. The molecule has 3 rings (SSSR count). The average molecular weight is 313 g/mol. The second-order valence-electron chi connectivity index (χ2n) is 5.74. The van der Waals surface area contributed by atoms with Crippen molar-refractivity contribution in [3.63, 3.8) is 0 Å². The number of morpholine rings is 1. The minimum absolute atomic E-state index is 0.293. The number of aliphatic hydroxyl groups excluding tert-OH is 1. The van der Waals surface area contributed by atoms with Crippen LogP contribution in [0.3, 0.4) is 0 Å². The summed E-state index contributed by atoms with van der Waals surface area (Å²) in [5, 5.41) is 10.2. The maximum absolute atomic E-state index is 10.2. The molecule has 1 unspecified atom stereocenters. The molecule has 1 N–H and O–H groups in total. The predicted octanol–water partition coefficient (Wildman–Crippen LogP) is 2.43. The quantitative estimate of drug-likeness (QED) is 0.889. The summed E-state index contributed by atoms with van der Waals surface area (Å²) in [6, 6.07) is 18.1. The summed E-state index contributed by atoms with van der Waals surface area (Å²) in [5.41, 5.74) is 2.16. The molecule has 1 heterocycles. The van der Waals surface area contributed by atoms with Crippen LogP contribution in [0.4, 0.5) is 0 Å². The van der Waals surface area contributed by atoms with Crippen LogP contribution in [0.25, 0.3) is 11.1 Å². The third kappa shape index (κ3) is 4.55. The first-order valence-corrected chi connectivity index (χ1v) is 8.08. The van der Waals surface area contributed by atoms with Gasteiger partial charge < -0.3 is 14.6 Å². The molecule has 23 heavy (non-hydrogen) atoms. The van der Waals surface area contributed by atoms with Gasteiger partial charge in [0.05, 0.1) is 13.2 Å². The molecule has 1 aliphatic heterocycles. The Kier molecular flexibility index (Phi) is 5.64. The number of β-amino-alcohol motifs (C(OH)–C–C–N with tert-alkyl or cyclic N) is 1. The van der Waals surface area contributed by atoms with Gasteiger partial charge in [-0.15, -0.1) is 0 Å². The summed E-state index contributed by atoms with van der Waals surface area (Å²) in [6.45, 7) is 4.14. The smallest absolute Gasteiger partial charge is 0.127 e. The van der Waals surface area contributed by atoms with Gasteiger partial charge in [0.1, 0.15) is 18.5 Å². The Labute approximate surface area is 137 Å². The number of rotatable bonds is 6. The molecule has 0 spiro atoms. The number of hydrogen-bond acceptors (Lipinski definition) is 4. The molecular formula is C19H23NO3. The van der Waals surface area contributed by atoms with Gasteiger partial charge in [0, 0.05) is 25.2 Å². The third-order valence-corrected chi connectivity index (χ3v) is 3.98. The van der Waals surface area contributed by atoms with Gasteiger partial charge in [0.15, 0.2) is 0 Å². The molecule has 0 saturated carbocycles. The lowest BCUT2D eigenvalue weighted by atomic mass is 10.1. The molecule has 4 nitrogen and oxygen atoms in total. The van der Waals surface area contributed by atoms with Gasteiger partial charge in [-0.3, -0.25) is 4.90 Å². The molecule has 0 bridgehead atoms. The van der Waals surface area contributed by atoms with E-state index in [-0.39, 0.29) is 0 Å². The molecule has 0 amide bonds. The van der Waals surface area contributed by atoms with Gasteiger partial charge in [-0.1, -0.05) is 48.5 Å². The average Bonchev–Trinajstić information content (AvgIpc) is 2.62. The monoisotopic (exact) mass is 313 g/mol. The van der Waals surface area contributed by atoms with Crippen LogP contribution < -0.4 is 4.74 Å². The number of ether oxygens (including phenoxy) is 2. The Bertz CT molecular complexity index is 597. The van der Waals surface area contributed by atoms with Gasteiger partial charge in [0.25, 0.3) is 0 Å². The molecule has 122 valence electrons. The van der Waals surface area contributed by atoms with E-state index in [1.54, 1.807) is 0 Å². The van der Waals surface area contributed by atoms with Crippen molar-refractivity contribution in [1.29, 1.82) is 0 Å². The van der Waals surface area contributed by atoms with Crippen LogP contribution in [0.15, 0.2) is 54.6 Å². The highest BCUT2D eigenvalue weighted by Gasteiger charge is 2.16. The fourth-order valence-corrected chi connectivity index (χ4v) is 2.77. The summed E-state index contributed by atoms with van der Waals surface area (Å²) < 4.78 is 11.2. The number of aliphatic hydroxyl groups is 1. The van der Waals surface area contributed by atoms with E-state index in [1.807, 2.05) is 42.5 Å². The largest absolute Gasteiger partial charge is 0.490 e. The minimum atomic E-state index is -0.503. The van der Waals surface area contributed by atoms with E-state index < -0.39 is 6.10 Å². The standard InChI is InChI=1S/C19H23NO3/c21-17(14-20-10-12-22-13-11-20)15-23-19-9-5-4-8-18(19)16-6-2-1-3-7-16/h1-9,17,21H,10-15H2. The van der Waals surface area contributed by atoms with Crippen molar-refractivity contribution in [3.8, 4) is 16.9 Å². The molecule has 4 heteroatoms. The predicted molar refractivity (Wildman–Crippen MR) is 90.6 cm³/mol. The van der Waals surface area contributed by atoms with Gasteiger partial charge >= 0.3 is 0 Å². The summed E-state index contributed by atoms with van der Waals surface area (Å²) in [4.78, 5) is 2.21. The zero-order chi connectivity index (χ0) is 15.9. The van der Waals surface area contributed by atoms with Gasteiger partial charge in [-0.05, 0) is 11.6 Å². The van der Waals surface area contributed by atoms with Crippen molar-refractivity contribution in [2.75, 3.05) is 39.5 Å². The topological polar surface area (TPSA) is 41.9 Å². The number of nitrogens with zero attached hydrogens (tertiary/aromatic N) is 1. The highest BCUT2D eigenvalue weighted by atomic mass is 16.5. The Morgan fingerprint density at radius 2 is 1.70 bits per heavy atom. The lowest BCUT2D eigenvalue weighted by Gasteiger charge is -2.28. The summed E-state index contributed by atoms with van der Waals surface area (Å²) in [6.07, 6.45) is -0.503. The molecule has 0 aliphatic carbocycles. The number of para-hydroxylation sites is 1. The maximum Gasteiger partial charge on any atom is 0.127 e. The van der Waals surface area contributed by atoms with Crippen molar-refractivity contribution in [2.45, 2.75) is 6.10 Å². The van der Waals surface area contributed by atoms with Crippen LogP contribution in [0, 0.1) is 0 Å². The first-order chi connectivity index (χ1) is 11.3. The molecule has 0 radical (unpaired) electrons. The molecule has 1 fully saturated rings. The second kappa shape index (κ2) is 8.11. The zero-order valence-electron chi connectivity index (χ0n) is 13.2. The first kappa shape index (κ1) is 16.0. The van der Waals surface area contributed by atoms with E-state index in [2.05, 4.69) is 17.0 Å². The highest BCUT2D eigenvalue weighted by molar-refractivity contribution is 5.70. The van der Waals surface area contributed by atoms with Gasteiger partial charge in [0.2, 0.25) is 0 Å². The van der Waals surface area contributed by atoms with Crippen LogP contribution in [0.1, 0.15) is 0 Å². The molecule has 1 aliphatic rings. The van der Waals surface area contributed by atoms with Crippen LogP contribution in [-0.4, -0.2) is 55.6 Å².